The summed E-state index contributed by atoms with van der Waals surface area (Å²) < 4.78 is 7.36. The van der Waals surface area contributed by atoms with E-state index in [1.165, 1.54) is 0 Å². The van der Waals surface area contributed by atoms with Crippen LogP contribution in [-0.2, 0) is 18.3 Å². The summed E-state index contributed by atoms with van der Waals surface area (Å²) in [5.74, 6) is 2.40. The van der Waals surface area contributed by atoms with Gasteiger partial charge >= 0.3 is 0 Å². The molecule has 0 unspecified atom stereocenters. The third kappa shape index (κ3) is 10.0. The molecule has 0 atom stereocenters. The number of hydrogen-bond acceptors (Lipinski definition) is 6. The van der Waals surface area contributed by atoms with E-state index < -0.39 is 5.60 Å². The molecule has 1 aromatic heterocycles. The third-order valence-corrected chi connectivity index (χ3v) is 5.62. The van der Waals surface area contributed by atoms with Gasteiger partial charge in [0.15, 0.2) is 11.8 Å². The van der Waals surface area contributed by atoms with Gasteiger partial charge in [0.2, 0.25) is 0 Å². The molecular weight excluding hydrogens is 509 g/mol. The number of rotatable bonds is 12. The smallest absolute Gasteiger partial charge is 0.191 e. The maximum absolute atomic E-state index is 10.9. The van der Waals surface area contributed by atoms with Crippen LogP contribution in [0.15, 0.2) is 4.99 Å². The van der Waals surface area contributed by atoms with E-state index in [0.717, 1.165) is 83.1 Å². The van der Waals surface area contributed by atoms with Crippen molar-refractivity contribution in [1.29, 1.82) is 0 Å². The van der Waals surface area contributed by atoms with Crippen LogP contribution in [0.5, 0.6) is 0 Å². The van der Waals surface area contributed by atoms with Crippen molar-refractivity contribution in [3.05, 3.63) is 11.6 Å². The summed E-state index contributed by atoms with van der Waals surface area (Å²) in [5, 5.41) is 26.0. The van der Waals surface area contributed by atoms with Gasteiger partial charge in [0.1, 0.15) is 12.4 Å². The van der Waals surface area contributed by atoms with Crippen molar-refractivity contribution in [2.75, 3.05) is 45.9 Å². The van der Waals surface area contributed by atoms with Crippen LogP contribution < -0.4 is 10.6 Å². The minimum atomic E-state index is -0.707. The van der Waals surface area contributed by atoms with Crippen molar-refractivity contribution in [2.24, 2.45) is 12.0 Å². The van der Waals surface area contributed by atoms with Crippen molar-refractivity contribution in [1.82, 2.24) is 30.3 Å². The Hall–Kier alpha value is -0.980. The summed E-state index contributed by atoms with van der Waals surface area (Å²) >= 11 is 0. The molecule has 2 heterocycles. The Morgan fingerprint density at radius 3 is 2.42 bits per heavy atom. The zero-order valence-corrected chi connectivity index (χ0v) is 22.0. The predicted molar refractivity (Wildman–Crippen MR) is 135 cm³/mol. The Bertz CT molecular complexity index is 642. The van der Waals surface area contributed by atoms with Gasteiger partial charge in [-0.2, -0.15) is 0 Å². The normalized spacial score (nSPS) is 15.6. The van der Waals surface area contributed by atoms with Crippen LogP contribution in [0.2, 0.25) is 0 Å². The zero-order chi connectivity index (χ0) is 21.8. The summed E-state index contributed by atoms with van der Waals surface area (Å²) in [7, 11) is 1.95. The fourth-order valence-corrected chi connectivity index (χ4v) is 3.73. The molecule has 1 saturated heterocycles. The van der Waals surface area contributed by atoms with E-state index in [1.54, 1.807) is 0 Å². The summed E-state index contributed by atoms with van der Waals surface area (Å²) in [6, 6.07) is 0. The lowest BCUT2D eigenvalue weighted by Gasteiger charge is -2.29. The molecule has 0 radical (unpaired) electrons. The minimum Gasteiger partial charge on any atom is -0.388 e. The molecule has 9 nitrogen and oxygen atoms in total. The van der Waals surface area contributed by atoms with Crippen LogP contribution in [-0.4, -0.2) is 82.3 Å². The second-order valence-corrected chi connectivity index (χ2v) is 8.20. The Kier molecular flexibility index (Phi) is 13.5. The van der Waals surface area contributed by atoms with Gasteiger partial charge < -0.3 is 25.0 Å². The minimum absolute atomic E-state index is 0. The lowest BCUT2D eigenvalue weighted by Crippen LogP contribution is -2.47. The first-order valence-electron chi connectivity index (χ1n) is 11.4. The van der Waals surface area contributed by atoms with Crippen LogP contribution in [0, 0.1) is 6.92 Å². The van der Waals surface area contributed by atoms with Crippen LogP contribution >= 0.6 is 24.0 Å². The maximum atomic E-state index is 10.9. The van der Waals surface area contributed by atoms with Crippen molar-refractivity contribution >= 4 is 29.9 Å². The second-order valence-electron chi connectivity index (χ2n) is 8.20. The van der Waals surface area contributed by atoms with E-state index in [4.69, 9.17) is 9.73 Å². The van der Waals surface area contributed by atoms with Crippen LogP contribution in [0.1, 0.15) is 57.6 Å². The van der Waals surface area contributed by atoms with Crippen LogP contribution in [0.4, 0.5) is 0 Å². The van der Waals surface area contributed by atoms with Crippen LogP contribution in [0.3, 0.4) is 0 Å². The SMILES string of the molecule is CCCC(O)(CCC)CNC(=NCc1nnc(C)n1C)NCCCN1CCOCC1.I. The number of nitrogens with zero attached hydrogens (tertiary/aromatic N) is 5. The molecule has 1 aliphatic rings. The molecule has 1 aliphatic heterocycles. The number of hydrogen-bond donors (Lipinski definition) is 3. The summed E-state index contributed by atoms with van der Waals surface area (Å²) in [6.45, 7) is 12.6. The number of aryl methyl sites for hydroxylation is 1. The maximum Gasteiger partial charge on any atom is 0.191 e. The summed E-state index contributed by atoms with van der Waals surface area (Å²) in [5.41, 5.74) is -0.707. The first kappa shape index (κ1) is 28.1. The standard InChI is InChI=1S/C21H41N7O2.HI/c1-5-8-21(29,9-6-2)17-24-20(23-16-19-26-25-18(3)27(19)4)22-10-7-11-28-12-14-30-15-13-28;/h29H,5-17H2,1-4H3,(H2,22,23,24);1H. The van der Waals surface area contributed by atoms with Gasteiger partial charge in [-0.1, -0.05) is 26.7 Å². The van der Waals surface area contributed by atoms with E-state index in [1.807, 2.05) is 18.5 Å². The fourth-order valence-electron chi connectivity index (χ4n) is 3.73. The lowest BCUT2D eigenvalue weighted by atomic mass is 9.93. The number of nitrogens with one attached hydrogen (secondary N) is 2. The lowest BCUT2D eigenvalue weighted by molar-refractivity contribution is 0.0257. The molecule has 3 N–H and O–H groups in total. The van der Waals surface area contributed by atoms with Crippen molar-refractivity contribution in [2.45, 2.75) is 65.0 Å². The highest BCUT2D eigenvalue weighted by Crippen LogP contribution is 2.18. The second kappa shape index (κ2) is 15.0. The highest BCUT2D eigenvalue weighted by atomic mass is 127. The Morgan fingerprint density at radius 1 is 1.16 bits per heavy atom. The van der Waals surface area contributed by atoms with E-state index >= 15 is 0 Å². The molecule has 0 aliphatic carbocycles. The molecule has 1 aromatic rings. The number of ether oxygens (including phenoxy) is 1. The molecule has 0 aromatic carbocycles. The van der Waals surface area contributed by atoms with Crippen molar-refractivity contribution < 1.29 is 9.84 Å². The average molecular weight is 552 g/mol. The first-order chi connectivity index (χ1) is 14.5. The number of guanidine groups is 1. The Balaban J connectivity index is 0.00000480. The Morgan fingerprint density at radius 2 is 1.84 bits per heavy atom. The van der Waals surface area contributed by atoms with Crippen molar-refractivity contribution in [3.63, 3.8) is 0 Å². The molecule has 1 fully saturated rings. The quantitative estimate of drug-likeness (QED) is 0.158. The average Bonchev–Trinajstić information content (AvgIpc) is 3.06. The van der Waals surface area contributed by atoms with Gasteiger partial charge in [-0.15, -0.1) is 34.2 Å². The van der Waals surface area contributed by atoms with E-state index in [0.29, 0.717) is 19.0 Å². The van der Waals surface area contributed by atoms with Crippen molar-refractivity contribution in [3.8, 4) is 0 Å². The predicted octanol–water partition coefficient (Wildman–Crippen LogP) is 1.83. The van der Waals surface area contributed by atoms with Gasteiger partial charge in [-0.25, -0.2) is 4.99 Å². The first-order valence-corrected chi connectivity index (χ1v) is 11.4. The highest BCUT2D eigenvalue weighted by molar-refractivity contribution is 14.0. The molecule has 0 amide bonds. The largest absolute Gasteiger partial charge is 0.388 e. The number of aliphatic imine (C=N–C) groups is 1. The number of aliphatic hydroxyl groups is 1. The molecule has 0 bridgehead atoms. The number of halogens is 1. The molecular formula is C21H42IN7O2. The van der Waals surface area contributed by atoms with Gasteiger partial charge in [0.05, 0.1) is 18.8 Å². The van der Waals surface area contributed by atoms with Gasteiger partial charge in [0.25, 0.3) is 0 Å². The van der Waals surface area contributed by atoms with Gasteiger partial charge in [-0.3, -0.25) is 4.90 Å². The molecule has 31 heavy (non-hydrogen) atoms. The fraction of sp³-hybridized carbons (Fsp3) is 0.857. The van der Waals surface area contributed by atoms with E-state index in [9.17, 15) is 5.11 Å². The van der Waals surface area contributed by atoms with E-state index in [2.05, 4.69) is 39.6 Å². The van der Waals surface area contributed by atoms with E-state index in [-0.39, 0.29) is 24.0 Å². The number of aromatic nitrogens is 3. The molecule has 180 valence electrons. The summed E-state index contributed by atoms with van der Waals surface area (Å²) in [4.78, 5) is 7.13. The molecule has 2 rings (SSSR count). The van der Waals surface area contributed by atoms with Crippen LogP contribution in [0.25, 0.3) is 0 Å². The zero-order valence-electron chi connectivity index (χ0n) is 19.7. The third-order valence-electron chi connectivity index (χ3n) is 5.62. The molecule has 0 saturated carbocycles. The molecule has 10 heteroatoms. The Labute approximate surface area is 204 Å². The molecule has 0 spiro atoms. The van der Waals surface area contributed by atoms with Gasteiger partial charge in [0, 0.05) is 33.2 Å². The topological polar surface area (TPSA) is 99.8 Å². The summed E-state index contributed by atoms with van der Waals surface area (Å²) in [6.07, 6.45) is 4.49. The van der Waals surface area contributed by atoms with Gasteiger partial charge in [-0.05, 0) is 32.7 Å². The monoisotopic (exact) mass is 551 g/mol. The number of morpholine rings is 1. The highest BCUT2D eigenvalue weighted by Gasteiger charge is 2.25.